The maximum Gasteiger partial charge on any atom is 0.160 e. The Morgan fingerprint density at radius 2 is 1.94 bits per heavy atom. The Labute approximate surface area is 203 Å². The molecule has 5 aromatic rings. The number of benzene rings is 2. The molecule has 35 heavy (non-hydrogen) atoms. The van der Waals surface area contributed by atoms with E-state index in [1.54, 1.807) is 24.5 Å². The number of pyridine rings is 1. The number of rotatable bonds is 7. The van der Waals surface area contributed by atoms with Gasteiger partial charge in [-0.2, -0.15) is 0 Å². The molecule has 11 heteroatoms. The topological polar surface area (TPSA) is 130 Å². The monoisotopic (exact) mass is 486 g/mol. The number of ether oxygens (including phenoxy) is 1. The van der Waals surface area contributed by atoms with Crippen molar-refractivity contribution in [2.45, 2.75) is 6.92 Å². The van der Waals surface area contributed by atoms with E-state index in [1.165, 1.54) is 12.5 Å². The Kier molecular flexibility index (Phi) is 6.08. The first kappa shape index (κ1) is 22.4. The molecule has 0 radical (unpaired) electrons. The van der Waals surface area contributed by atoms with Gasteiger partial charge >= 0.3 is 0 Å². The Balaban J connectivity index is 1.37. The fraction of sp³-hybridized carbons (Fsp3) is 0.0833. The smallest absolute Gasteiger partial charge is 0.160 e. The molecule has 0 fully saturated rings. The summed E-state index contributed by atoms with van der Waals surface area (Å²) in [5.74, 6) is 1.97. The van der Waals surface area contributed by atoms with E-state index in [1.807, 2.05) is 54.9 Å². The SMILES string of the molecule is Cc1cc(Nc2ncnc3ccc(C=CNS(=O)[O-])nc23)ccc1Oc1ccc2c(c1)ncn2C. The normalized spacial score (nSPS) is 12.3. The molecule has 0 bridgehead atoms. The zero-order valence-electron chi connectivity index (χ0n) is 18.8. The second kappa shape index (κ2) is 9.49. The van der Waals surface area contributed by atoms with Crippen LogP contribution in [0.5, 0.6) is 11.5 Å². The summed E-state index contributed by atoms with van der Waals surface area (Å²) in [7, 11) is 1.95. The lowest BCUT2D eigenvalue weighted by Crippen LogP contribution is -2.07. The third-order valence-corrected chi connectivity index (χ3v) is 5.61. The van der Waals surface area contributed by atoms with E-state index in [0.717, 1.165) is 28.0 Å². The first-order valence-corrected chi connectivity index (χ1v) is 11.6. The Morgan fingerprint density at radius 1 is 1.06 bits per heavy atom. The van der Waals surface area contributed by atoms with E-state index in [4.69, 9.17) is 4.74 Å². The Bertz CT molecular complexity index is 1600. The highest BCUT2D eigenvalue weighted by molar-refractivity contribution is 7.77. The van der Waals surface area contributed by atoms with Gasteiger partial charge in [0.25, 0.3) is 0 Å². The summed E-state index contributed by atoms with van der Waals surface area (Å²) in [5, 5.41) is 3.29. The largest absolute Gasteiger partial charge is 0.755 e. The Hall–Kier alpha value is -4.35. The number of anilines is 2. The molecule has 1 unspecified atom stereocenters. The van der Waals surface area contributed by atoms with Gasteiger partial charge in [0, 0.05) is 36.3 Å². The van der Waals surface area contributed by atoms with Crippen LogP contribution in [0.3, 0.4) is 0 Å². The fourth-order valence-electron chi connectivity index (χ4n) is 3.60. The lowest BCUT2D eigenvalue weighted by atomic mass is 10.2. The number of imidazole rings is 1. The molecule has 0 aliphatic carbocycles. The summed E-state index contributed by atoms with van der Waals surface area (Å²) in [4.78, 5) is 17.5. The molecule has 0 aliphatic rings. The number of aromatic nitrogens is 5. The van der Waals surface area contributed by atoms with Crippen molar-refractivity contribution in [2.24, 2.45) is 7.05 Å². The molecule has 0 spiro atoms. The van der Waals surface area contributed by atoms with Crippen LogP contribution in [0.2, 0.25) is 0 Å². The molecule has 5 rings (SSSR count). The average molecular weight is 487 g/mol. The standard InChI is InChI=1S/C24H21N7O3S/c1-15-11-17(4-8-22(15)34-18-5-7-21-20(12-18)27-14-31(21)2)30-24-23-19(25-13-26-24)6-3-16(29-23)9-10-28-35(32)33/h3-14,28H,1-2H3,(H,32,33)(H,25,26,30)/p-1. The van der Waals surface area contributed by atoms with Crippen LogP contribution in [0.4, 0.5) is 11.5 Å². The highest BCUT2D eigenvalue weighted by Crippen LogP contribution is 2.30. The number of nitrogens with zero attached hydrogens (tertiary/aromatic N) is 5. The van der Waals surface area contributed by atoms with E-state index in [0.29, 0.717) is 28.3 Å². The van der Waals surface area contributed by atoms with Crippen LogP contribution in [0.15, 0.2) is 67.4 Å². The third-order valence-electron chi connectivity index (χ3n) is 5.28. The summed E-state index contributed by atoms with van der Waals surface area (Å²) < 4.78 is 31.5. The van der Waals surface area contributed by atoms with Gasteiger partial charge in [-0.15, -0.1) is 0 Å². The highest BCUT2D eigenvalue weighted by Gasteiger charge is 2.09. The summed E-state index contributed by atoms with van der Waals surface area (Å²) in [6.07, 6.45) is 6.07. The molecule has 2 N–H and O–H groups in total. The van der Waals surface area contributed by atoms with Crippen molar-refractivity contribution in [3.8, 4) is 11.5 Å². The quantitative estimate of drug-likeness (QED) is 0.329. The highest BCUT2D eigenvalue weighted by atomic mass is 32.2. The number of nitrogens with one attached hydrogen (secondary N) is 2. The van der Waals surface area contributed by atoms with Gasteiger partial charge in [-0.05, 0) is 61.0 Å². The van der Waals surface area contributed by atoms with E-state index in [9.17, 15) is 8.76 Å². The van der Waals surface area contributed by atoms with Crippen molar-refractivity contribution in [3.63, 3.8) is 0 Å². The molecule has 0 amide bonds. The molecular weight excluding hydrogens is 466 g/mol. The molecule has 0 aliphatic heterocycles. The van der Waals surface area contributed by atoms with Crippen molar-refractivity contribution < 1.29 is 13.5 Å². The summed E-state index contributed by atoms with van der Waals surface area (Å²) in [6, 6.07) is 15.1. The number of aryl methyl sites for hydroxylation is 2. The van der Waals surface area contributed by atoms with Crippen LogP contribution >= 0.6 is 0 Å². The first-order chi connectivity index (χ1) is 17.0. The zero-order valence-corrected chi connectivity index (χ0v) is 19.6. The van der Waals surface area contributed by atoms with Crippen molar-refractivity contribution in [1.29, 1.82) is 0 Å². The van der Waals surface area contributed by atoms with Gasteiger partial charge in [0.1, 0.15) is 23.3 Å². The van der Waals surface area contributed by atoms with Crippen molar-refractivity contribution >= 4 is 50.9 Å². The molecule has 0 saturated carbocycles. The minimum absolute atomic E-state index is 0.527. The lowest BCUT2D eigenvalue weighted by Gasteiger charge is -2.12. The van der Waals surface area contributed by atoms with Crippen LogP contribution in [-0.4, -0.2) is 33.3 Å². The van der Waals surface area contributed by atoms with Gasteiger partial charge in [0.2, 0.25) is 0 Å². The maximum atomic E-state index is 10.6. The van der Waals surface area contributed by atoms with Crippen LogP contribution < -0.4 is 14.8 Å². The van der Waals surface area contributed by atoms with Gasteiger partial charge in [-0.3, -0.25) is 4.21 Å². The van der Waals surface area contributed by atoms with Gasteiger partial charge in [-0.1, -0.05) is 0 Å². The van der Waals surface area contributed by atoms with E-state index in [2.05, 4.69) is 30.0 Å². The van der Waals surface area contributed by atoms with Crippen molar-refractivity contribution in [1.82, 2.24) is 29.2 Å². The number of hydrogen-bond acceptors (Lipinski definition) is 8. The van der Waals surface area contributed by atoms with Gasteiger partial charge in [0.15, 0.2) is 5.82 Å². The van der Waals surface area contributed by atoms with E-state index in [-0.39, 0.29) is 0 Å². The second-order valence-corrected chi connectivity index (χ2v) is 8.43. The average Bonchev–Trinajstić information content (AvgIpc) is 3.21. The van der Waals surface area contributed by atoms with Gasteiger partial charge in [-0.25, -0.2) is 19.9 Å². The fourth-order valence-corrected chi connectivity index (χ4v) is 3.78. The molecule has 176 valence electrons. The molecule has 0 saturated heterocycles. The van der Waals surface area contributed by atoms with Crippen LogP contribution in [0, 0.1) is 6.92 Å². The maximum absolute atomic E-state index is 10.6. The molecule has 3 aromatic heterocycles. The van der Waals surface area contributed by atoms with Crippen LogP contribution in [0.1, 0.15) is 11.3 Å². The second-order valence-electron chi connectivity index (χ2n) is 7.73. The molecule has 1 atom stereocenters. The summed E-state index contributed by atoms with van der Waals surface area (Å²) in [6.45, 7) is 1.96. The van der Waals surface area contributed by atoms with E-state index >= 15 is 0 Å². The van der Waals surface area contributed by atoms with Gasteiger partial charge in [0.05, 0.1) is 28.6 Å². The molecule has 3 heterocycles. The third kappa shape index (κ3) is 4.95. The van der Waals surface area contributed by atoms with Crippen LogP contribution in [0.25, 0.3) is 28.1 Å². The predicted octanol–water partition coefficient (Wildman–Crippen LogP) is 4.11. The zero-order chi connectivity index (χ0) is 24.4. The first-order valence-electron chi connectivity index (χ1n) is 10.6. The van der Waals surface area contributed by atoms with Crippen LogP contribution in [-0.2, 0) is 18.3 Å². The molecule has 10 nitrogen and oxygen atoms in total. The Morgan fingerprint density at radius 3 is 2.77 bits per heavy atom. The molecular formula is C24H20N7O3S-. The number of fused-ring (bicyclic) bond motifs is 2. The lowest BCUT2D eigenvalue weighted by molar-refractivity contribution is 0.479. The minimum atomic E-state index is -2.39. The molecule has 2 aromatic carbocycles. The summed E-state index contributed by atoms with van der Waals surface area (Å²) in [5.41, 5.74) is 5.41. The van der Waals surface area contributed by atoms with E-state index < -0.39 is 11.3 Å². The van der Waals surface area contributed by atoms with Gasteiger partial charge < -0.3 is 23.9 Å². The predicted molar refractivity (Wildman–Crippen MR) is 134 cm³/mol. The minimum Gasteiger partial charge on any atom is -0.755 e. The number of hydrogen-bond donors (Lipinski definition) is 2. The summed E-state index contributed by atoms with van der Waals surface area (Å²) >= 11 is -2.39. The van der Waals surface area contributed by atoms with Crippen molar-refractivity contribution in [3.05, 3.63) is 78.6 Å². The van der Waals surface area contributed by atoms with Crippen molar-refractivity contribution in [2.75, 3.05) is 5.32 Å².